The first-order valence-corrected chi connectivity index (χ1v) is 11.6. The first kappa shape index (κ1) is 21.8. The summed E-state index contributed by atoms with van der Waals surface area (Å²) in [4.78, 5) is 28.3. The maximum atomic E-state index is 13.5. The maximum Gasteiger partial charge on any atom is 0.273 e. The third-order valence-corrected chi connectivity index (χ3v) is 6.76. The van der Waals surface area contributed by atoms with E-state index in [4.69, 9.17) is 0 Å². The Hall–Kier alpha value is -3.43. The molecule has 0 saturated carbocycles. The minimum absolute atomic E-state index is 0.0228. The van der Waals surface area contributed by atoms with Crippen molar-refractivity contribution in [2.24, 2.45) is 0 Å². The second-order valence-electron chi connectivity index (χ2n) is 8.20. The molecule has 0 radical (unpaired) electrons. The Kier molecular flexibility index (Phi) is 6.38. The fraction of sp³-hybridized carbons (Fsp3) is 0.269. The highest BCUT2D eigenvalue weighted by molar-refractivity contribution is 7.07. The fourth-order valence-corrected chi connectivity index (χ4v) is 4.96. The zero-order valence-electron chi connectivity index (χ0n) is 18.2. The number of nitriles is 1. The molecule has 4 rings (SSSR count). The zero-order chi connectivity index (χ0) is 22.7. The lowest BCUT2D eigenvalue weighted by Gasteiger charge is -2.14. The van der Waals surface area contributed by atoms with Gasteiger partial charge in [0.1, 0.15) is 10.7 Å². The van der Waals surface area contributed by atoms with Gasteiger partial charge in [0.25, 0.3) is 11.5 Å². The van der Waals surface area contributed by atoms with Crippen molar-refractivity contribution in [3.8, 4) is 11.8 Å². The minimum Gasteiger partial charge on any atom is -0.338 e. The van der Waals surface area contributed by atoms with Crippen LogP contribution in [0, 0.1) is 11.3 Å². The number of carbonyl (C=O) groups excluding carboxylic acids is 1. The van der Waals surface area contributed by atoms with E-state index in [1.165, 1.54) is 15.9 Å². The number of nitrogens with zero attached hydrogens (tertiary/aromatic N) is 3. The number of hydrogen-bond donors (Lipinski definition) is 0. The monoisotopic (exact) mass is 443 g/mol. The maximum absolute atomic E-state index is 13.5. The Bertz CT molecular complexity index is 1340. The Morgan fingerprint density at radius 1 is 1.06 bits per heavy atom. The van der Waals surface area contributed by atoms with Gasteiger partial charge in [-0.3, -0.25) is 14.2 Å². The molecule has 0 aliphatic carbocycles. The average Bonchev–Trinajstić information content (AvgIpc) is 3.44. The molecule has 0 atom stereocenters. The number of carbonyl (C=O) groups is 1. The Labute approximate surface area is 191 Å². The van der Waals surface area contributed by atoms with E-state index in [0.29, 0.717) is 33.9 Å². The summed E-state index contributed by atoms with van der Waals surface area (Å²) in [5, 5.41) is 9.93. The molecule has 1 aromatic heterocycles. The molecule has 0 bridgehead atoms. The van der Waals surface area contributed by atoms with Crippen LogP contribution in [-0.2, 0) is 4.79 Å². The van der Waals surface area contributed by atoms with Gasteiger partial charge in [-0.15, -0.1) is 11.3 Å². The molecule has 2 aromatic carbocycles. The molecule has 1 saturated heterocycles. The topological polar surface area (TPSA) is 66.1 Å². The van der Waals surface area contributed by atoms with Crippen molar-refractivity contribution in [1.82, 2.24) is 9.47 Å². The van der Waals surface area contributed by atoms with Gasteiger partial charge in [-0.2, -0.15) is 5.26 Å². The molecule has 5 nitrogen and oxygen atoms in total. The molecular formula is C26H25N3O2S. The largest absolute Gasteiger partial charge is 0.338 e. The zero-order valence-corrected chi connectivity index (χ0v) is 19.1. The molecule has 6 heteroatoms. The van der Waals surface area contributed by atoms with E-state index in [1.807, 2.05) is 60.7 Å². The van der Waals surface area contributed by atoms with Crippen LogP contribution in [0.25, 0.3) is 17.3 Å². The van der Waals surface area contributed by atoms with E-state index in [0.717, 1.165) is 24.0 Å². The van der Waals surface area contributed by atoms with E-state index in [1.54, 1.807) is 4.90 Å². The quantitative estimate of drug-likeness (QED) is 0.622. The molecule has 2 heterocycles. The molecule has 162 valence electrons. The van der Waals surface area contributed by atoms with Gasteiger partial charge in [-0.25, -0.2) is 0 Å². The molecule has 0 N–H and O–H groups in total. The van der Waals surface area contributed by atoms with Crippen molar-refractivity contribution < 1.29 is 4.79 Å². The lowest BCUT2D eigenvalue weighted by molar-refractivity contribution is -0.123. The minimum atomic E-state index is -0.301. The van der Waals surface area contributed by atoms with Gasteiger partial charge >= 0.3 is 0 Å². The summed E-state index contributed by atoms with van der Waals surface area (Å²) in [5.74, 6) is 0.0627. The molecule has 1 amide bonds. The summed E-state index contributed by atoms with van der Waals surface area (Å²) in [6, 6.07) is 19.4. The number of likely N-dealkylation sites (tertiary alicyclic amines) is 1. The SMILES string of the molecule is CC(C)c1ccc(-n2c(=O)/c(=C\c3ccccc3)s/c2=C(/C#N)C(=O)N2CCCC2)cc1. The number of benzene rings is 2. The highest BCUT2D eigenvalue weighted by atomic mass is 32.1. The third kappa shape index (κ3) is 4.30. The number of amides is 1. The van der Waals surface area contributed by atoms with Gasteiger partial charge in [0.15, 0.2) is 5.57 Å². The number of hydrogen-bond acceptors (Lipinski definition) is 4. The fourth-order valence-electron chi connectivity index (χ4n) is 3.86. The van der Waals surface area contributed by atoms with E-state index in [-0.39, 0.29) is 17.0 Å². The van der Waals surface area contributed by atoms with Gasteiger partial charge in [-0.05, 0) is 48.1 Å². The average molecular weight is 444 g/mol. The molecule has 0 unspecified atom stereocenters. The molecule has 32 heavy (non-hydrogen) atoms. The van der Waals surface area contributed by atoms with Crippen molar-refractivity contribution in [2.75, 3.05) is 13.1 Å². The van der Waals surface area contributed by atoms with Crippen LogP contribution in [0.4, 0.5) is 0 Å². The van der Waals surface area contributed by atoms with Gasteiger partial charge in [-0.1, -0.05) is 56.3 Å². The second-order valence-corrected chi connectivity index (χ2v) is 9.23. The summed E-state index contributed by atoms with van der Waals surface area (Å²) in [6.07, 6.45) is 3.68. The van der Waals surface area contributed by atoms with Gasteiger partial charge in [0.2, 0.25) is 0 Å². The number of thiazole rings is 1. The Morgan fingerprint density at radius 2 is 1.72 bits per heavy atom. The van der Waals surface area contributed by atoms with Gasteiger partial charge in [0.05, 0.1) is 10.2 Å². The first-order chi connectivity index (χ1) is 15.5. The van der Waals surface area contributed by atoms with Crippen molar-refractivity contribution in [3.05, 3.63) is 85.3 Å². The van der Waals surface area contributed by atoms with Crippen LogP contribution >= 0.6 is 11.3 Å². The van der Waals surface area contributed by atoms with E-state index in [2.05, 4.69) is 19.9 Å². The smallest absolute Gasteiger partial charge is 0.273 e. The van der Waals surface area contributed by atoms with Crippen LogP contribution in [0.5, 0.6) is 0 Å². The first-order valence-electron chi connectivity index (χ1n) is 10.8. The second kappa shape index (κ2) is 9.37. The highest BCUT2D eigenvalue weighted by Crippen LogP contribution is 2.16. The summed E-state index contributed by atoms with van der Waals surface area (Å²) in [6.45, 7) is 5.51. The lowest BCUT2D eigenvalue weighted by atomic mass is 10.0. The van der Waals surface area contributed by atoms with E-state index < -0.39 is 0 Å². The molecule has 1 aliphatic heterocycles. The van der Waals surface area contributed by atoms with Crippen LogP contribution in [0.3, 0.4) is 0 Å². The summed E-state index contributed by atoms with van der Waals surface area (Å²) in [5.41, 5.74) is 2.50. The Morgan fingerprint density at radius 3 is 2.31 bits per heavy atom. The van der Waals surface area contributed by atoms with Crippen LogP contribution in [0.2, 0.25) is 0 Å². The van der Waals surface area contributed by atoms with Crippen molar-refractivity contribution in [3.63, 3.8) is 0 Å². The van der Waals surface area contributed by atoms with Gasteiger partial charge < -0.3 is 4.90 Å². The van der Waals surface area contributed by atoms with Crippen LogP contribution < -0.4 is 14.8 Å². The van der Waals surface area contributed by atoms with Crippen LogP contribution in [-0.4, -0.2) is 28.5 Å². The Balaban J connectivity index is 1.98. The van der Waals surface area contributed by atoms with Crippen LogP contribution in [0.1, 0.15) is 43.7 Å². The van der Waals surface area contributed by atoms with Crippen molar-refractivity contribution >= 4 is 28.9 Å². The van der Waals surface area contributed by atoms with Crippen LogP contribution in [0.15, 0.2) is 59.4 Å². The normalized spacial score (nSPS) is 15.2. The van der Waals surface area contributed by atoms with E-state index in [9.17, 15) is 14.9 Å². The molecular weight excluding hydrogens is 418 g/mol. The van der Waals surface area contributed by atoms with Crippen molar-refractivity contribution in [1.29, 1.82) is 5.26 Å². The van der Waals surface area contributed by atoms with E-state index >= 15 is 0 Å². The number of aromatic nitrogens is 1. The summed E-state index contributed by atoms with van der Waals surface area (Å²) < 4.78 is 2.38. The molecule has 0 spiro atoms. The number of rotatable bonds is 4. The third-order valence-electron chi connectivity index (χ3n) is 5.67. The lowest BCUT2D eigenvalue weighted by Crippen LogP contribution is -2.35. The molecule has 1 fully saturated rings. The molecule has 1 aliphatic rings. The summed E-state index contributed by atoms with van der Waals surface area (Å²) in [7, 11) is 0. The highest BCUT2D eigenvalue weighted by Gasteiger charge is 2.24. The summed E-state index contributed by atoms with van der Waals surface area (Å²) >= 11 is 1.19. The van der Waals surface area contributed by atoms with Gasteiger partial charge in [0, 0.05) is 13.1 Å². The molecule has 3 aromatic rings. The standard InChI is InChI=1S/C26H25N3O2S/c1-18(2)20-10-12-21(13-11-20)29-25(31)23(16-19-8-4-3-5-9-19)32-26(29)22(17-27)24(30)28-14-6-7-15-28/h3-5,8-13,16,18H,6-7,14-15H2,1-2H3/b23-16+,26-22-. The predicted octanol–water partition coefficient (Wildman–Crippen LogP) is 3.15. The predicted molar refractivity (Wildman–Crippen MR) is 128 cm³/mol. The van der Waals surface area contributed by atoms with Crippen molar-refractivity contribution in [2.45, 2.75) is 32.6 Å².